The van der Waals surface area contributed by atoms with Crippen molar-refractivity contribution in [1.82, 2.24) is 29.7 Å². The molecule has 0 bridgehead atoms. The van der Waals surface area contributed by atoms with Gasteiger partial charge < -0.3 is 15.3 Å². The number of anilines is 1. The molecule has 1 aliphatic heterocycles. The molecule has 9 nitrogen and oxygen atoms in total. The van der Waals surface area contributed by atoms with Crippen LogP contribution in [0.25, 0.3) is 11.9 Å². The molecule has 3 heterocycles. The van der Waals surface area contributed by atoms with E-state index in [-0.39, 0.29) is 6.29 Å². The summed E-state index contributed by atoms with van der Waals surface area (Å²) in [6.45, 7) is 6.38. The zero-order valence-electron chi connectivity index (χ0n) is 16.4. The van der Waals surface area contributed by atoms with E-state index in [0.717, 1.165) is 23.5 Å². The lowest BCUT2D eigenvalue weighted by molar-refractivity contribution is 0.0786. The van der Waals surface area contributed by atoms with Crippen molar-refractivity contribution in [1.29, 1.82) is 0 Å². The Labute approximate surface area is 162 Å². The summed E-state index contributed by atoms with van der Waals surface area (Å²) in [6.07, 6.45) is 5.35. The molecule has 0 saturated heterocycles. The van der Waals surface area contributed by atoms with E-state index in [4.69, 9.17) is 4.99 Å². The first-order valence-electron chi connectivity index (χ1n) is 9.21. The van der Waals surface area contributed by atoms with Crippen LogP contribution >= 0.6 is 0 Å². The predicted molar refractivity (Wildman–Crippen MR) is 105 cm³/mol. The van der Waals surface area contributed by atoms with Crippen molar-refractivity contribution in [3.63, 3.8) is 0 Å². The minimum Gasteiger partial charge on any atom is -0.386 e. The first-order valence-corrected chi connectivity index (χ1v) is 9.21. The molecule has 0 amide bonds. The summed E-state index contributed by atoms with van der Waals surface area (Å²) in [4.78, 5) is 6.75. The Morgan fingerprint density at radius 2 is 1.96 bits per heavy atom. The lowest BCUT2D eigenvalue weighted by atomic mass is 9.98. The van der Waals surface area contributed by atoms with Crippen molar-refractivity contribution in [3.05, 3.63) is 53.1 Å². The fourth-order valence-corrected chi connectivity index (χ4v) is 3.04. The van der Waals surface area contributed by atoms with Crippen LogP contribution in [0.2, 0.25) is 0 Å². The van der Waals surface area contributed by atoms with Crippen LogP contribution in [0.15, 0.2) is 41.7 Å². The minimum absolute atomic E-state index is 0.296. The van der Waals surface area contributed by atoms with Gasteiger partial charge in [-0.2, -0.15) is 9.78 Å². The zero-order chi connectivity index (χ0) is 19.9. The van der Waals surface area contributed by atoms with Crippen LogP contribution < -0.4 is 16.2 Å². The van der Waals surface area contributed by atoms with E-state index in [0.29, 0.717) is 10.8 Å². The number of rotatable bonds is 5. The Kier molecular flexibility index (Phi) is 4.38. The second-order valence-electron chi connectivity index (χ2n) is 7.34. The number of nitrogens with zero attached hydrogens (tertiary/aromatic N) is 7. The second kappa shape index (κ2) is 6.75. The van der Waals surface area contributed by atoms with Crippen molar-refractivity contribution >= 4 is 11.9 Å². The molecule has 1 unspecified atom stereocenters. The molecule has 0 aliphatic carbocycles. The maximum atomic E-state index is 10.1. The highest BCUT2D eigenvalue weighted by Crippen LogP contribution is 2.20. The third-order valence-electron chi connectivity index (χ3n) is 4.70. The molecule has 0 spiro atoms. The van der Waals surface area contributed by atoms with Gasteiger partial charge in [-0.15, -0.1) is 5.10 Å². The molecule has 28 heavy (non-hydrogen) atoms. The molecule has 2 N–H and O–H groups in total. The Hall–Kier alpha value is -3.20. The standard InChI is InChI=1S/C19H24N8O/c1-5-26-11-14(10-20-26)21-18-22-17-16(12-25(18)4)23-24-27(17)15-8-6-13(7-9-15)19(2,3)28/h6-12,18,21,28H,5H2,1-4H3. The monoisotopic (exact) mass is 380 g/mol. The fraction of sp³-hybridized carbons (Fsp3) is 0.368. The van der Waals surface area contributed by atoms with Crippen molar-refractivity contribution in [3.8, 4) is 5.69 Å². The summed E-state index contributed by atoms with van der Waals surface area (Å²) < 4.78 is 3.56. The van der Waals surface area contributed by atoms with Gasteiger partial charge >= 0.3 is 0 Å². The van der Waals surface area contributed by atoms with Gasteiger partial charge in [-0.25, -0.2) is 4.99 Å². The third kappa shape index (κ3) is 3.36. The van der Waals surface area contributed by atoms with Gasteiger partial charge in [0.25, 0.3) is 0 Å². The van der Waals surface area contributed by atoms with Gasteiger partial charge in [0.15, 0.2) is 11.8 Å². The average Bonchev–Trinajstić information content (AvgIpc) is 3.28. The van der Waals surface area contributed by atoms with Gasteiger partial charge in [-0.1, -0.05) is 17.3 Å². The van der Waals surface area contributed by atoms with Crippen molar-refractivity contribution in [2.45, 2.75) is 39.2 Å². The van der Waals surface area contributed by atoms with Gasteiger partial charge in [0.2, 0.25) is 0 Å². The van der Waals surface area contributed by atoms with Crippen molar-refractivity contribution in [2.24, 2.45) is 4.99 Å². The molecular formula is C19H24N8O. The van der Waals surface area contributed by atoms with E-state index < -0.39 is 5.60 Å². The molecule has 9 heteroatoms. The molecule has 1 aromatic carbocycles. The van der Waals surface area contributed by atoms with Gasteiger partial charge in [0.1, 0.15) is 5.35 Å². The maximum absolute atomic E-state index is 10.1. The van der Waals surface area contributed by atoms with E-state index in [1.165, 1.54) is 0 Å². The topological polar surface area (TPSA) is 96.4 Å². The number of benzene rings is 1. The van der Waals surface area contributed by atoms with Crippen LogP contribution in [0.4, 0.5) is 5.69 Å². The molecular weight excluding hydrogens is 356 g/mol. The van der Waals surface area contributed by atoms with Crippen LogP contribution in [0.1, 0.15) is 26.3 Å². The molecule has 1 aliphatic rings. The van der Waals surface area contributed by atoms with Crippen LogP contribution in [0.5, 0.6) is 0 Å². The molecule has 0 fully saturated rings. The zero-order valence-corrected chi connectivity index (χ0v) is 16.4. The lowest BCUT2D eigenvalue weighted by Crippen LogP contribution is -2.45. The van der Waals surface area contributed by atoms with Crippen LogP contribution in [0, 0.1) is 0 Å². The molecule has 2 aromatic heterocycles. The minimum atomic E-state index is -0.890. The number of aromatic nitrogens is 5. The number of hydrogen-bond acceptors (Lipinski definition) is 7. The number of aryl methyl sites for hydroxylation is 1. The first-order chi connectivity index (χ1) is 13.3. The van der Waals surface area contributed by atoms with Gasteiger partial charge in [0.05, 0.1) is 23.2 Å². The van der Waals surface area contributed by atoms with Gasteiger partial charge in [0, 0.05) is 26.0 Å². The Morgan fingerprint density at radius 1 is 1.21 bits per heavy atom. The Bertz CT molecular complexity index is 1090. The van der Waals surface area contributed by atoms with E-state index in [1.807, 2.05) is 60.2 Å². The third-order valence-corrected chi connectivity index (χ3v) is 4.70. The number of fused-ring (bicyclic) bond motifs is 1. The Balaban J connectivity index is 1.68. The quantitative estimate of drug-likeness (QED) is 0.666. The summed E-state index contributed by atoms with van der Waals surface area (Å²) in [5.41, 5.74) is 2.35. The molecule has 0 radical (unpaired) electrons. The molecule has 0 saturated carbocycles. The number of hydrogen-bond donors (Lipinski definition) is 2. The SMILES string of the molecule is CCn1cc(NC2N=c3c(nnn3-c3ccc(C(C)(C)O)cc3)=CN2C)cn1. The highest BCUT2D eigenvalue weighted by molar-refractivity contribution is 5.41. The highest BCUT2D eigenvalue weighted by atomic mass is 16.3. The summed E-state index contributed by atoms with van der Waals surface area (Å²) in [5, 5.41) is 27.0. The first kappa shape index (κ1) is 18.2. The van der Waals surface area contributed by atoms with E-state index in [1.54, 1.807) is 24.7 Å². The van der Waals surface area contributed by atoms with E-state index in [9.17, 15) is 5.11 Å². The van der Waals surface area contributed by atoms with Crippen LogP contribution in [0.3, 0.4) is 0 Å². The summed E-state index contributed by atoms with van der Waals surface area (Å²) >= 11 is 0. The summed E-state index contributed by atoms with van der Waals surface area (Å²) in [7, 11) is 1.94. The molecule has 1 atom stereocenters. The fourth-order valence-electron chi connectivity index (χ4n) is 3.04. The predicted octanol–water partition coefficient (Wildman–Crippen LogP) is 0.410. The second-order valence-corrected chi connectivity index (χ2v) is 7.34. The highest BCUT2D eigenvalue weighted by Gasteiger charge is 2.19. The number of nitrogens with one attached hydrogen (secondary N) is 1. The van der Waals surface area contributed by atoms with Crippen LogP contribution in [-0.2, 0) is 12.1 Å². The molecule has 3 aromatic rings. The smallest absolute Gasteiger partial charge is 0.198 e. The largest absolute Gasteiger partial charge is 0.386 e. The van der Waals surface area contributed by atoms with Gasteiger partial charge in [-0.05, 0) is 38.5 Å². The Morgan fingerprint density at radius 3 is 2.61 bits per heavy atom. The summed E-state index contributed by atoms with van der Waals surface area (Å²) in [5.74, 6) is 0. The molecule has 4 rings (SSSR count). The molecule has 146 valence electrons. The van der Waals surface area contributed by atoms with E-state index in [2.05, 4.69) is 20.7 Å². The normalized spacial score (nSPS) is 16.3. The summed E-state index contributed by atoms with van der Waals surface area (Å²) in [6, 6.07) is 7.58. The number of aliphatic hydroxyl groups is 1. The van der Waals surface area contributed by atoms with Gasteiger partial charge in [-0.3, -0.25) is 4.68 Å². The van der Waals surface area contributed by atoms with E-state index >= 15 is 0 Å². The average molecular weight is 380 g/mol. The lowest BCUT2D eigenvalue weighted by Gasteiger charge is -2.25. The maximum Gasteiger partial charge on any atom is 0.198 e. The van der Waals surface area contributed by atoms with Crippen molar-refractivity contribution < 1.29 is 5.11 Å². The van der Waals surface area contributed by atoms with Crippen LogP contribution in [-0.4, -0.2) is 48.1 Å². The van der Waals surface area contributed by atoms with Crippen molar-refractivity contribution in [2.75, 3.05) is 12.4 Å².